The summed E-state index contributed by atoms with van der Waals surface area (Å²) in [5.74, 6) is -0.413. The Balaban J connectivity index is 0.00000300. The van der Waals surface area contributed by atoms with Gasteiger partial charge in [-0.05, 0) is 44.3 Å². The summed E-state index contributed by atoms with van der Waals surface area (Å²) in [4.78, 5) is 32.2. The van der Waals surface area contributed by atoms with Crippen molar-refractivity contribution in [3.05, 3.63) is 63.7 Å². The molecular weight excluding hydrogens is 412 g/mol. The Morgan fingerprint density at radius 1 is 1.17 bits per heavy atom. The molecule has 29 heavy (non-hydrogen) atoms. The molecule has 0 radical (unpaired) electrons. The van der Waals surface area contributed by atoms with Crippen molar-refractivity contribution in [2.45, 2.75) is 13.3 Å². The van der Waals surface area contributed by atoms with Crippen LogP contribution in [0, 0.1) is 10.1 Å². The van der Waals surface area contributed by atoms with E-state index in [4.69, 9.17) is 0 Å². The first-order valence-electron chi connectivity index (χ1n) is 9.00. The maximum atomic E-state index is 13.3. The van der Waals surface area contributed by atoms with E-state index in [0.29, 0.717) is 18.2 Å². The van der Waals surface area contributed by atoms with Gasteiger partial charge in [-0.3, -0.25) is 19.8 Å². The van der Waals surface area contributed by atoms with Gasteiger partial charge in [0, 0.05) is 19.2 Å². The van der Waals surface area contributed by atoms with Gasteiger partial charge in [-0.25, -0.2) is 4.98 Å². The fraction of sp³-hybridized carbons (Fsp3) is 0.300. The van der Waals surface area contributed by atoms with E-state index in [0.717, 1.165) is 16.6 Å². The molecule has 154 valence electrons. The van der Waals surface area contributed by atoms with Gasteiger partial charge in [-0.2, -0.15) is 0 Å². The number of nitrogens with zero attached hydrogens (tertiary/aromatic N) is 4. The molecule has 0 aliphatic carbocycles. The quantitative estimate of drug-likeness (QED) is 0.406. The number of fused-ring (bicyclic) bond motifs is 1. The lowest BCUT2D eigenvalue weighted by Gasteiger charge is -2.21. The van der Waals surface area contributed by atoms with E-state index in [1.807, 2.05) is 31.1 Å². The van der Waals surface area contributed by atoms with Gasteiger partial charge in [-0.15, -0.1) is 12.4 Å². The van der Waals surface area contributed by atoms with Crippen molar-refractivity contribution < 1.29 is 9.72 Å². The van der Waals surface area contributed by atoms with Crippen molar-refractivity contribution >= 4 is 50.7 Å². The summed E-state index contributed by atoms with van der Waals surface area (Å²) in [7, 11) is 3.83. The highest BCUT2D eigenvalue weighted by molar-refractivity contribution is 7.22. The smallest absolute Gasteiger partial charge is 0.282 e. The van der Waals surface area contributed by atoms with Crippen LogP contribution in [0.1, 0.15) is 22.8 Å². The van der Waals surface area contributed by atoms with Crippen LogP contribution >= 0.6 is 23.7 Å². The van der Waals surface area contributed by atoms with Crippen molar-refractivity contribution in [3.8, 4) is 0 Å². The molecule has 1 aromatic heterocycles. The molecule has 0 fully saturated rings. The summed E-state index contributed by atoms with van der Waals surface area (Å²) in [5, 5.41) is 11.9. The number of benzene rings is 2. The topological polar surface area (TPSA) is 79.6 Å². The van der Waals surface area contributed by atoms with Gasteiger partial charge in [0.15, 0.2) is 5.13 Å². The Morgan fingerprint density at radius 2 is 1.90 bits per heavy atom. The van der Waals surface area contributed by atoms with Gasteiger partial charge >= 0.3 is 0 Å². The van der Waals surface area contributed by atoms with Crippen molar-refractivity contribution in [1.29, 1.82) is 0 Å². The van der Waals surface area contributed by atoms with Crippen LogP contribution < -0.4 is 4.90 Å². The summed E-state index contributed by atoms with van der Waals surface area (Å²) >= 11 is 1.43. The van der Waals surface area contributed by atoms with Gasteiger partial charge in [0.25, 0.3) is 11.6 Å². The molecule has 3 aromatic rings. The first-order chi connectivity index (χ1) is 13.4. The monoisotopic (exact) mass is 434 g/mol. The predicted molar refractivity (Wildman–Crippen MR) is 120 cm³/mol. The number of halogens is 1. The van der Waals surface area contributed by atoms with E-state index in [1.165, 1.54) is 29.0 Å². The second-order valence-corrected chi connectivity index (χ2v) is 7.70. The molecule has 0 unspecified atom stereocenters. The fourth-order valence-electron chi connectivity index (χ4n) is 2.84. The van der Waals surface area contributed by atoms with Crippen LogP contribution in [0.4, 0.5) is 10.8 Å². The van der Waals surface area contributed by atoms with Crippen LogP contribution in [-0.4, -0.2) is 47.9 Å². The highest BCUT2D eigenvalue weighted by Gasteiger charge is 2.27. The number of para-hydroxylation sites is 1. The molecular formula is C20H23ClN4O3S. The molecule has 0 saturated carbocycles. The number of nitro groups is 1. The van der Waals surface area contributed by atoms with E-state index >= 15 is 0 Å². The second-order valence-electron chi connectivity index (χ2n) is 6.69. The van der Waals surface area contributed by atoms with Gasteiger partial charge in [0.1, 0.15) is 5.56 Å². The SMILES string of the molecule is CCc1ccc2nc(N(CCN(C)C)C(=O)c3ccccc3[N+](=O)[O-])sc2c1.Cl. The Kier molecular flexibility index (Phi) is 7.66. The summed E-state index contributed by atoms with van der Waals surface area (Å²) in [5.41, 5.74) is 1.89. The third-order valence-corrected chi connectivity index (χ3v) is 5.47. The highest BCUT2D eigenvalue weighted by Crippen LogP contribution is 2.31. The van der Waals surface area contributed by atoms with Crippen LogP contribution in [0.5, 0.6) is 0 Å². The number of rotatable bonds is 7. The predicted octanol–water partition coefficient (Wildman–Crippen LogP) is 4.40. The Hall–Kier alpha value is -2.55. The number of aryl methyl sites for hydroxylation is 1. The number of hydrogen-bond donors (Lipinski definition) is 0. The molecule has 0 N–H and O–H groups in total. The fourth-order valence-corrected chi connectivity index (χ4v) is 3.89. The van der Waals surface area contributed by atoms with Crippen LogP contribution in [0.15, 0.2) is 42.5 Å². The number of thiazole rings is 1. The van der Waals surface area contributed by atoms with Crippen molar-refractivity contribution in [1.82, 2.24) is 9.88 Å². The number of carbonyl (C=O) groups excluding carboxylic acids is 1. The standard InChI is InChI=1S/C20H22N4O3S.ClH/c1-4-14-9-10-16-18(13-14)28-20(21-16)23(12-11-22(2)3)19(25)15-7-5-6-8-17(15)24(26)27;/h5-10,13H,4,11-12H2,1-3H3;1H. The molecule has 0 saturated heterocycles. The Morgan fingerprint density at radius 3 is 2.55 bits per heavy atom. The average molecular weight is 435 g/mol. The minimum atomic E-state index is -0.525. The van der Waals surface area contributed by atoms with Crippen molar-refractivity contribution in [2.24, 2.45) is 0 Å². The maximum Gasteiger partial charge on any atom is 0.282 e. The molecule has 2 aromatic carbocycles. The summed E-state index contributed by atoms with van der Waals surface area (Å²) < 4.78 is 1.000. The number of aromatic nitrogens is 1. The zero-order valence-electron chi connectivity index (χ0n) is 16.5. The molecule has 1 amide bonds. The first-order valence-corrected chi connectivity index (χ1v) is 9.81. The van der Waals surface area contributed by atoms with Gasteiger partial charge in [0.05, 0.1) is 15.1 Å². The normalized spacial score (nSPS) is 10.8. The number of nitro benzene ring substituents is 1. The summed E-state index contributed by atoms with van der Waals surface area (Å²) in [6.07, 6.45) is 0.919. The van der Waals surface area contributed by atoms with Crippen LogP contribution in [-0.2, 0) is 6.42 Å². The number of anilines is 1. The Labute approximate surface area is 179 Å². The molecule has 0 bridgehead atoms. The number of hydrogen-bond acceptors (Lipinski definition) is 6. The van der Waals surface area contributed by atoms with E-state index < -0.39 is 10.8 Å². The zero-order chi connectivity index (χ0) is 20.3. The molecule has 0 aliphatic rings. The highest BCUT2D eigenvalue weighted by atomic mass is 35.5. The van der Waals surface area contributed by atoms with Crippen LogP contribution in [0.3, 0.4) is 0 Å². The summed E-state index contributed by atoms with van der Waals surface area (Å²) in [6.45, 7) is 3.09. The average Bonchev–Trinajstić information content (AvgIpc) is 3.10. The zero-order valence-corrected chi connectivity index (χ0v) is 18.1. The lowest BCUT2D eigenvalue weighted by Crippen LogP contribution is -2.37. The van der Waals surface area contributed by atoms with E-state index in [9.17, 15) is 14.9 Å². The minimum absolute atomic E-state index is 0. The molecule has 9 heteroatoms. The van der Waals surface area contributed by atoms with E-state index in [-0.39, 0.29) is 23.7 Å². The molecule has 1 heterocycles. The van der Waals surface area contributed by atoms with Gasteiger partial charge < -0.3 is 4.90 Å². The second kappa shape index (κ2) is 9.78. The first kappa shape index (κ1) is 22.7. The largest absolute Gasteiger partial charge is 0.308 e. The molecule has 0 spiro atoms. The van der Waals surface area contributed by atoms with Crippen LogP contribution in [0.2, 0.25) is 0 Å². The van der Waals surface area contributed by atoms with Crippen molar-refractivity contribution in [2.75, 3.05) is 32.1 Å². The number of likely N-dealkylation sites (N-methyl/N-ethyl adjacent to an activating group) is 1. The van der Waals surface area contributed by atoms with Crippen molar-refractivity contribution in [3.63, 3.8) is 0 Å². The summed E-state index contributed by atoms with van der Waals surface area (Å²) in [6, 6.07) is 12.1. The third kappa shape index (κ3) is 5.09. The van der Waals surface area contributed by atoms with E-state index in [2.05, 4.69) is 18.0 Å². The van der Waals surface area contributed by atoms with Gasteiger partial charge in [0.2, 0.25) is 0 Å². The van der Waals surface area contributed by atoms with Gasteiger partial charge in [-0.1, -0.05) is 36.5 Å². The molecule has 7 nitrogen and oxygen atoms in total. The van der Waals surface area contributed by atoms with E-state index in [1.54, 1.807) is 17.0 Å². The number of amides is 1. The maximum absolute atomic E-state index is 13.3. The minimum Gasteiger partial charge on any atom is -0.308 e. The lowest BCUT2D eigenvalue weighted by atomic mass is 10.1. The molecule has 0 atom stereocenters. The lowest BCUT2D eigenvalue weighted by molar-refractivity contribution is -0.385. The number of carbonyl (C=O) groups is 1. The third-order valence-electron chi connectivity index (χ3n) is 4.43. The molecule has 3 rings (SSSR count). The Bertz CT molecular complexity index is 1020. The van der Waals surface area contributed by atoms with Crippen LogP contribution in [0.25, 0.3) is 10.2 Å². The molecule has 0 aliphatic heterocycles.